The lowest BCUT2D eigenvalue weighted by Crippen LogP contribution is -2.48. The molecule has 6 aromatic rings. The molecule has 0 atom stereocenters. The molecule has 0 unspecified atom stereocenters. The van der Waals surface area contributed by atoms with Crippen molar-refractivity contribution < 1.29 is 18.3 Å². The number of fused-ring (bicyclic) bond motifs is 3. The van der Waals surface area contributed by atoms with Gasteiger partial charge in [-0.15, -0.1) is 0 Å². The Labute approximate surface area is 290 Å². The molecule has 0 aliphatic carbocycles. The van der Waals surface area contributed by atoms with Gasteiger partial charge in [0.15, 0.2) is 0 Å². The quantitative estimate of drug-likeness (QED) is 0.217. The van der Waals surface area contributed by atoms with E-state index in [0.29, 0.717) is 43.6 Å². The fourth-order valence-electron chi connectivity index (χ4n) is 5.28. The molecule has 0 spiro atoms. The van der Waals surface area contributed by atoms with Crippen molar-refractivity contribution in [2.24, 2.45) is 0 Å². The molecule has 0 bridgehead atoms. The molecule has 2 saturated heterocycles. The van der Waals surface area contributed by atoms with Gasteiger partial charge in [0.05, 0.1) is 43.6 Å². The number of nitrogens with zero attached hydrogens (tertiary/aromatic N) is 4. The number of nitrogens with one attached hydrogen (secondary N) is 3. The smallest absolute Gasteiger partial charge is 0.269 e. The molecule has 3 aromatic heterocycles. The summed E-state index contributed by atoms with van der Waals surface area (Å²) in [6.45, 7) is 8.27. The molecule has 0 radical (unpaired) electrons. The van der Waals surface area contributed by atoms with Crippen molar-refractivity contribution in [3.05, 3.63) is 103 Å². The first-order chi connectivity index (χ1) is 23.8. The van der Waals surface area contributed by atoms with Crippen molar-refractivity contribution in [3.63, 3.8) is 0 Å². The van der Waals surface area contributed by atoms with E-state index in [4.69, 9.17) is 5.11 Å². The van der Waals surface area contributed by atoms with E-state index in [1.54, 1.807) is 38.2 Å². The topological polar surface area (TPSA) is 128 Å². The van der Waals surface area contributed by atoms with Gasteiger partial charge in [0.25, 0.3) is 16.7 Å². The fraction of sp³-hybridized carbons (Fsp3) is 0.344. The maximum absolute atomic E-state index is 13.9. The molecule has 2 aliphatic heterocycles. The first kappa shape index (κ1) is 36.6. The van der Waals surface area contributed by atoms with E-state index in [-0.39, 0.29) is 34.1 Å². The van der Waals surface area contributed by atoms with Crippen LogP contribution in [0.4, 0.5) is 13.2 Å². The third kappa shape index (κ3) is 8.74. The van der Waals surface area contributed by atoms with Crippen molar-refractivity contribution in [2.75, 3.05) is 59.5 Å². The van der Waals surface area contributed by atoms with Gasteiger partial charge in [0.1, 0.15) is 17.5 Å². The average Bonchev–Trinajstić information content (AvgIpc) is 3.78. The Morgan fingerprint density at radius 1 is 0.612 bits per heavy atom. The summed E-state index contributed by atoms with van der Waals surface area (Å²) < 4.78 is 47.5. The van der Waals surface area contributed by atoms with Gasteiger partial charge >= 0.3 is 0 Å². The SMILES string of the molecule is C1CNCCN1.CO.O=c1[nH]sc2c(F)cccc12.O=c1c2cccc(F)c2sn1CN1CCN(Cn2sc3c(F)cccc3c2=O)CC1. The van der Waals surface area contributed by atoms with E-state index in [1.165, 1.54) is 24.3 Å². The van der Waals surface area contributed by atoms with Gasteiger partial charge in [-0.25, -0.2) is 21.1 Å². The number of aliphatic hydroxyl groups excluding tert-OH is 1. The second kappa shape index (κ2) is 17.3. The number of benzene rings is 3. The summed E-state index contributed by atoms with van der Waals surface area (Å²) in [5.74, 6) is -1.09. The number of rotatable bonds is 4. The molecular formula is C32H36F3N7O4S3. The summed E-state index contributed by atoms with van der Waals surface area (Å²) in [4.78, 5) is 40.2. The van der Waals surface area contributed by atoms with E-state index in [9.17, 15) is 27.6 Å². The standard InChI is InChI=1S/C20H18F2N4O2S2.C7H4FNOS.C4H10N2.CH4O/c21-15-5-1-3-13-17(15)29-25(19(13)27)11-23-7-9-24(10-8-23)12-26-20(28)14-4-2-6-16(22)18(14)30-26;8-5-3-1-2-4-6(5)11-9-7(4)10;1-2-6-4-3-5-1;1-2/h1-6H,7-12H2;1-3H,(H,9,10);5-6H,1-4H2;2H,1H3. The minimum atomic E-state index is -0.372. The molecule has 5 heterocycles. The highest BCUT2D eigenvalue weighted by Gasteiger charge is 2.21. The van der Waals surface area contributed by atoms with Crippen molar-refractivity contribution in [3.8, 4) is 0 Å². The van der Waals surface area contributed by atoms with E-state index >= 15 is 0 Å². The number of H-pyrrole nitrogens is 1. The monoisotopic (exact) mass is 735 g/mol. The molecular weight excluding hydrogens is 700 g/mol. The molecule has 4 N–H and O–H groups in total. The second-order valence-electron chi connectivity index (χ2n) is 11.0. The summed E-state index contributed by atoms with van der Waals surface area (Å²) in [5.41, 5.74) is -0.559. The van der Waals surface area contributed by atoms with Crippen LogP contribution < -0.4 is 27.3 Å². The fourth-order valence-corrected chi connectivity index (χ4v) is 8.09. The maximum Gasteiger partial charge on any atom is 0.269 e. The van der Waals surface area contributed by atoms with Crippen LogP contribution in [-0.2, 0) is 13.3 Å². The van der Waals surface area contributed by atoms with Crippen LogP contribution in [0, 0.1) is 17.5 Å². The van der Waals surface area contributed by atoms with Crippen LogP contribution in [0.25, 0.3) is 30.3 Å². The van der Waals surface area contributed by atoms with E-state index in [1.807, 2.05) is 0 Å². The number of aliphatic hydroxyl groups is 1. The number of aromatic nitrogens is 3. The van der Waals surface area contributed by atoms with Crippen LogP contribution in [0.1, 0.15) is 0 Å². The first-order valence-corrected chi connectivity index (χ1v) is 17.8. The number of piperazine rings is 2. The molecule has 0 amide bonds. The van der Waals surface area contributed by atoms with E-state index in [0.717, 1.165) is 94.1 Å². The lowest BCUT2D eigenvalue weighted by molar-refractivity contribution is 0.0913. The number of aromatic amines is 1. The van der Waals surface area contributed by atoms with Crippen molar-refractivity contribution >= 4 is 64.9 Å². The molecule has 0 saturated carbocycles. The molecule has 11 nitrogen and oxygen atoms in total. The van der Waals surface area contributed by atoms with Crippen LogP contribution in [0.3, 0.4) is 0 Å². The lowest BCUT2D eigenvalue weighted by atomic mass is 10.3. The Kier molecular flexibility index (Phi) is 12.9. The predicted octanol–water partition coefficient (Wildman–Crippen LogP) is 3.47. The van der Waals surface area contributed by atoms with Gasteiger partial charge in [0.2, 0.25) is 0 Å². The van der Waals surface area contributed by atoms with Gasteiger partial charge in [0, 0.05) is 59.5 Å². The van der Waals surface area contributed by atoms with Gasteiger partial charge in [-0.1, -0.05) is 52.8 Å². The Hall–Kier alpha value is -3.68. The van der Waals surface area contributed by atoms with Gasteiger partial charge in [-0.2, -0.15) is 0 Å². The minimum absolute atomic E-state index is 0.171. The van der Waals surface area contributed by atoms with Gasteiger partial charge in [-0.3, -0.25) is 28.6 Å². The highest BCUT2D eigenvalue weighted by molar-refractivity contribution is 7.14. The summed E-state index contributed by atoms with van der Waals surface area (Å²) in [7, 11) is 1.00. The van der Waals surface area contributed by atoms with Crippen LogP contribution in [0.15, 0.2) is 69.0 Å². The molecule has 3 aromatic carbocycles. The van der Waals surface area contributed by atoms with Crippen molar-refractivity contribution in [1.29, 1.82) is 0 Å². The zero-order valence-electron chi connectivity index (χ0n) is 26.6. The second-order valence-corrected chi connectivity index (χ2v) is 13.8. The highest BCUT2D eigenvalue weighted by atomic mass is 32.1. The Bertz CT molecular complexity index is 2050. The van der Waals surface area contributed by atoms with Gasteiger partial charge < -0.3 is 15.7 Å². The molecule has 2 fully saturated rings. The Balaban J connectivity index is 0.000000200. The minimum Gasteiger partial charge on any atom is -0.400 e. The van der Waals surface area contributed by atoms with Gasteiger partial charge in [-0.05, 0) is 36.4 Å². The number of hydrogen-bond donors (Lipinski definition) is 4. The average molecular weight is 736 g/mol. The first-order valence-electron chi connectivity index (χ1n) is 15.4. The molecule has 8 rings (SSSR count). The Morgan fingerprint density at radius 3 is 1.37 bits per heavy atom. The third-order valence-electron chi connectivity index (χ3n) is 7.79. The molecule has 49 heavy (non-hydrogen) atoms. The molecule has 262 valence electrons. The van der Waals surface area contributed by atoms with Crippen LogP contribution in [0.2, 0.25) is 0 Å². The van der Waals surface area contributed by atoms with E-state index < -0.39 is 0 Å². The largest absolute Gasteiger partial charge is 0.400 e. The zero-order chi connectivity index (χ0) is 34.9. The highest BCUT2D eigenvalue weighted by Crippen LogP contribution is 2.22. The summed E-state index contributed by atoms with van der Waals surface area (Å²) in [6, 6.07) is 13.6. The third-order valence-corrected chi connectivity index (χ3v) is 10.9. The maximum atomic E-state index is 13.9. The summed E-state index contributed by atoms with van der Waals surface area (Å²) in [5, 5.41) is 14.7. The van der Waals surface area contributed by atoms with Crippen LogP contribution in [-0.4, -0.2) is 86.7 Å². The Morgan fingerprint density at radius 2 is 1.00 bits per heavy atom. The van der Waals surface area contributed by atoms with Crippen molar-refractivity contribution in [1.82, 2.24) is 32.7 Å². The van der Waals surface area contributed by atoms with Crippen LogP contribution >= 0.6 is 34.6 Å². The number of halogens is 3. The normalized spacial score (nSPS) is 15.3. The molecule has 2 aliphatic rings. The van der Waals surface area contributed by atoms with E-state index in [2.05, 4.69) is 24.8 Å². The molecule has 17 heteroatoms. The predicted molar refractivity (Wildman–Crippen MR) is 192 cm³/mol. The summed E-state index contributed by atoms with van der Waals surface area (Å²) >= 11 is 3.32. The zero-order valence-corrected chi connectivity index (χ0v) is 29.0. The van der Waals surface area contributed by atoms with Crippen molar-refractivity contribution in [2.45, 2.75) is 13.3 Å². The van der Waals surface area contributed by atoms with Crippen LogP contribution in [0.5, 0.6) is 0 Å². The lowest BCUT2D eigenvalue weighted by Gasteiger charge is -2.34. The number of hydrogen-bond acceptors (Lipinski definition) is 11. The summed E-state index contributed by atoms with van der Waals surface area (Å²) in [6.07, 6.45) is 0.